The molecule has 0 spiro atoms. The molecule has 168 valence electrons. The zero-order chi connectivity index (χ0) is 23.7. The Kier molecular flexibility index (Phi) is 5.90. The number of hydrogen-bond acceptors (Lipinski definition) is 8. The van der Waals surface area contributed by atoms with Crippen LogP contribution in [0.3, 0.4) is 0 Å². The highest BCUT2D eigenvalue weighted by atomic mass is 35.5. The topological polar surface area (TPSA) is 142 Å². The largest absolute Gasteiger partial charge is 0.272 e. The number of hydroxylamine groups is 1. The molecule has 0 amide bonds. The van der Waals surface area contributed by atoms with Crippen LogP contribution in [-0.4, -0.2) is 20.8 Å². The molecular formula is C21H15ClN4O7. The van der Waals surface area contributed by atoms with E-state index in [9.17, 15) is 30.3 Å². The number of benzene rings is 3. The maximum absolute atomic E-state index is 12.2. The molecule has 0 radical (unpaired) electrons. The van der Waals surface area contributed by atoms with E-state index in [0.717, 1.165) is 0 Å². The van der Waals surface area contributed by atoms with Gasteiger partial charge in [-0.1, -0.05) is 11.6 Å². The average molecular weight is 471 g/mol. The predicted molar refractivity (Wildman–Crippen MR) is 117 cm³/mol. The van der Waals surface area contributed by atoms with Gasteiger partial charge in [0.1, 0.15) is 0 Å². The first kappa shape index (κ1) is 22.1. The quantitative estimate of drug-likeness (QED) is 0.360. The number of nitro groups is 3. The van der Waals surface area contributed by atoms with Gasteiger partial charge in [-0.05, 0) is 59.7 Å². The molecule has 11 nitrogen and oxygen atoms in total. The van der Waals surface area contributed by atoms with Crippen molar-refractivity contribution in [1.29, 1.82) is 0 Å². The molecule has 33 heavy (non-hydrogen) atoms. The molecule has 0 aromatic heterocycles. The summed E-state index contributed by atoms with van der Waals surface area (Å²) in [5.41, 5.74) is 0.988. The summed E-state index contributed by atoms with van der Waals surface area (Å²) in [6.45, 7) is 0. The monoisotopic (exact) mass is 470 g/mol. The van der Waals surface area contributed by atoms with Gasteiger partial charge in [-0.25, -0.2) is 5.06 Å². The fourth-order valence-electron chi connectivity index (χ4n) is 3.76. The third kappa shape index (κ3) is 4.31. The van der Waals surface area contributed by atoms with Crippen LogP contribution in [0.4, 0.5) is 17.1 Å². The fourth-order valence-corrected chi connectivity index (χ4v) is 3.89. The summed E-state index contributed by atoms with van der Waals surface area (Å²) >= 11 is 5.98. The second-order valence-electron chi connectivity index (χ2n) is 7.25. The second-order valence-corrected chi connectivity index (χ2v) is 7.68. The molecule has 3 aromatic carbocycles. The summed E-state index contributed by atoms with van der Waals surface area (Å²) in [4.78, 5) is 38.7. The van der Waals surface area contributed by atoms with E-state index >= 15 is 0 Å². The summed E-state index contributed by atoms with van der Waals surface area (Å²) in [5.74, 6) is 0. The van der Waals surface area contributed by atoms with Crippen molar-refractivity contribution >= 4 is 28.7 Å². The van der Waals surface area contributed by atoms with Crippen LogP contribution in [0.5, 0.6) is 0 Å². The van der Waals surface area contributed by atoms with Crippen molar-refractivity contribution < 1.29 is 19.6 Å². The van der Waals surface area contributed by atoms with Gasteiger partial charge in [-0.15, -0.1) is 0 Å². The van der Waals surface area contributed by atoms with Gasteiger partial charge in [0.25, 0.3) is 17.4 Å². The Balaban J connectivity index is 1.81. The van der Waals surface area contributed by atoms with E-state index in [0.29, 0.717) is 21.8 Å². The minimum Gasteiger partial charge on any atom is -0.264 e. The van der Waals surface area contributed by atoms with Crippen LogP contribution < -0.4 is 5.06 Å². The van der Waals surface area contributed by atoms with Crippen LogP contribution in [0.25, 0.3) is 0 Å². The van der Waals surface area contributed by atoms with Gasteiger partial charge in [-0.3, -0.25) is 35.2 Å². The van der Waals surface area contributed by atoms with E-state index in [1.54, 1.807) is 24.3 Å². The van der Waals surface area contributed by atoms with Crippen LogP contribution in [0.2, 0.25) is 5.02 Å². The first-order valence-corrected chi connectivity index (χ1v) is 9.98. The van der Waals surface area contributed by atoms with Crippen molar-refractivity contribution in [3.8, 4) is 0 Å². The summed E-state index contributed by atoms with van der Waals surface area (Å²) in [5, 5.41) is 36.1. The molecule has 3 atom stereocenters. The molecule has 0 unspecified atom stereocenters. The minimum atomic E-state index is -1.32. The Hall–Kier alpha value is -4.09. The highest BCUT2D eigenvalue weighted by Crippen LogP contribution is 2.46. The molecule has 1 heterocycles. The van der Waals surface area contributed by atoms with Crippen LogP contribution >= 0.6 is 11.6 Å². The molecule has 1 fully saturated rings. The second kappa shape index (κ2) is 8.81. The van der Waals surface area contributed by atoms with Crippen LogP contribution in [0, 0.1) is 30.3 Å². The molecule has 1 saturated heterocycles. The van der Waals surface area contributed by atoms with E-state index in [1.807, 2.05) is 0 Å². The molecule has 0 bridgehead atoms. The summed E-state index contributed by atoms with van der Waals surface area (Å²) in [7, 11) is 0. The molecule has 0 aliphatic carbocycles. The van der Waals surface area contributed by atoms with Crippen molar-refractivity contribution in [3.63, 3.8) is 0 Å². The molecule has 1 aliphatic heterocycles. The number of anilines is 1. The smallest absolute Gasteiger partial charge is 0.264 e. The number of halogens is 1. The highest BCUT2D eigenvalue weighted by molar-refractivity contribution is 6.30. The van der Waals surface area contributed by atoms with E-state index < -0.39 is 33.0 Å². The van der Waals surface area contributed by atoms with E-state index in [4.69, 9.17) is 16.4 Å². The summed E-state index contributed by atoms with van der Waals surface area (Å²) in [6.07, 6.45) is -1.07. The summed E-state index contributed by atoms with van der Waals surface area (Å²) < 4.78 is 0. The van der Waals surface area contributed by atoms with E-state index in [2.05, 4.69) is 0 Å². The Morgan fingerprint density at radius 3 is 1.67 bits per heavy atom. The summed E-state index contributed by atoms with van der Waals surface area (Å²) in [6, 6.07) is 15.0. The molecule has 12 heteroatoms. The first-order valence-electron chi connectivity index (χ1n) is 9.60. The third-order valence-corrected chi connectivity index (χ3v) is 5.57. The number of nitrogens with zero attached hydrogens (tertiary/aromatic N) is 4. The lowest BCUT2D eigenvalue weighted by Crippen LogP contribution is -2.32. The number of nitro benzene ring substituents is 2. The van der Waals surface area contributed by atoms with Crippen molar-refractivity contribution in [2.75, 3.05) is 5.06 Å². The maximum Gasteiger partial charge on any atom is 0.272 e. The molecule has 0 saturated carbocycles. The molecule has 1 aliphatic rings. The normalized spacial score (nSPS) is 19.9. The minimum absolute atomic E-state index is 0.153. The van der Waals surface area contributed by atoms with Crippen molar-refractivity contribution in [2.45, 2.75) is 18.2 Å². The molecule has 4 rings (SSSR count). The maximum atomic E-state index is 12.2. The number of non-ortho nitro benzene ring substituents is 2. The van der Waals surface area contributed by atoms with Crippen molar-refractivity contribution in [3.05, 3.63) is 119 Å². The predicted octanol–water partition coefficient (Wildman–Crippen LogP) is 5.04. The molecule has 0 N–H and O–H groups in total. The third-order valence-electron chi connectivity index (χ3n) is 5.32. The number of hydrogen-bond donors (Lipinski definition) is 0. The van der Waals surface area contributed by atoms with Gasteiger partial charge >= 0.3 is 0 Å². The van der Waals surface area contributed by atoms with Gasteiger partial charge in [0.15, 0.2) is 12.1 Å². The van der Waals surface area contributed by atoms with Gasteiger partial charge in [0.05, 0.1) is 15.5 Å². The van der Waals surface area contributed by atoms with Crippen molar-refractivity contribution in [2.24, 2.45) is 0 Å². The Labute approximate surface area is 191 Å². The zero-order valence-corrected chi connectivity index (χ0v) is 17.4. The Morgan fingerprint density at radius 1 is 0.727 bits per heavy atom. The Bertz CT molecular complexity index is 1200. The lowest BCUT2D eigenvalue weighted by atomic mass is 9.92. The first-order chi connectivity index (χ1) is 15.8. The number of rotatable bonds is 6. The average Bonchev–Trinajstić information content (AvgIpc) is 3.20. The van der Waals surface area contributed by atoms with Crippen molar-refractivity contribution in [1.82, 2.24) is 0 Å². The van der Waals surface area contributed by atoms with E-state index in [1.165, 1.54) is 53.6 Å². The van der Waals surface area contributed by atoms with Crippen LogP contribution in [0.15, 0.2) is 72.8 Å². The lowest BCUT2D eigenvalue weighted by Gasteiger charge is -2.24. The lowest BCUT2D eigenvalue weighted by molar-refractivity contribution is -0.531. The van der Waals surface area contributed by atoms with Gasteiger partial charge in [-0.2, -0.15) is 0 Å². The van der Waals surface area contributed by atoms with Gasteiger partial charge in [0.2, 0.25) is 0 Å². The Morgan fingerprint density at radius 2 is 1.21 bits per heavy atom. The standard InChI is InChI=1S/C21H15ClN4O7/c22-15-5-11-16(12-6-15)23-19(13-1-7-17(8-2-13)24(27)28)20(26(31)32)21(33-23)14-3-9-18(10-4-14)25(29)30/h1-12,19-21H/t19-,20-,21+/m0/s1. The zero-order valence-electron chi connectivity index (χ0n) is 16.7. The van der Waals surface area contributed by atoms with Gasteiger partial charge in [0, 0.05) is 34.2 Å². The highest BCUT2D eigenvalue weighted by Gasteiger charge is 2.53. The van der Waals surface area contributed by atoms with Crippen LogP contribution in [0.1, 0.15) is 23.3 Å². The molecular weight excluding hydrogens is 456 g/mol. The SMILES string of the molecule is O=[N+]([O-])c1ccc([C@H]2ON(c3ccc(Cl)cc3)[C@@H](c3ccc([N+](=O)[O-])cc3)[C@@H]2[N+](=O)[O-])cc1. The van der Waals surface area contributed by atoms with Crippen LogP contribution in [-0.2, 0) is 4.84 Å². The fraction of sp³-hybridized carbons (Fsp3) is 0.143. The van der Waals surface area contributed by atoms with E-state index in [-0.39, 0.29) is 11.4 Å². The molecule has 3 aromatic rings. The van der Waals surface area contributed by atoms with Gasteiger partial charge < -0.3 is 0 Å².